The first kappa shape index (κ1) is 16.0. The van der Waals surface area contributed by atoms with E-state index in [4.69, 9.17) is 4.74 Å². The molecule has 1 saturated heterocycles. The second kappa shape index (κ2) is 6.15. The van der Waals surface area contributed by atoms with Crippen molar-refractivity contribution in [2.75, 3.05) is 33.8 Å². The highest BCUT2D eigenvalue weighted by Crippen LogP contribution is 2.21. The number of amides is 1. The minimum atomic E-state index is -0.759. The quantitative estimate of drug-likeness (QED) is 0.836. The molecule has 0 aromatic carbocycles. The second-order valence-electron chi connectivity index (χ2n) is 6.35. The van der Waals surface area contributed by atoms with Crippen molar-refractivity contribution in [3.05, 3.63) is 18.0 Å². The molecule has 0 saturated carbocycles. The Bertz CT molecular complexity index is 498. The average Bonchev–Trinajstić information content (AvgIpc) is 2.86. The Morgan fingerprint density at radius 2 is 2.24 bits per heavy atom. The van der Waals surface area contributed by atoms with Crippen LogP contribution in [0.5, 0.6) is 0 Å². The van der Waals surface area contributed by atoms with Crippen LogP contribution in [0.2, 0.25) is 0 Å². The zero-order chi connectivity index (χ0) is 15.6. The molecule has 1 aliphatic rings. The highest BCUT2D eigenvalue weighted by atomic mass is 16.5. The molecule has 1 atom stereocenters. The summed E-state index contributed by atoms with van der Waals surface area (Å²) >= 11 is 0. The van der Waals surface area contributed by atoms with Crippen LogP contribution in [-0.4, -0.2) is 64.9 Å². The van der Waals surface area contributed by atoms with Gasteiger partial charge in [-0.3, -0.25) is 14.4 Å². The molecule has 0 aliphatic carbocycles. The van der Waals surface area contributed by atoms with E-state index in [0.717, 1.165) is 13.1 Å². The number of carbonyl (C=O) groups is 1. The van der Waals surface area contributed by atoms with Crippen LogP contribution in [0.15, 0.2) is 12.3 Å². The van der Waals surface area contributed by atoms with Crippen molar-refractivity contribution in [3.63, 3.8) is 0 Å². The van der Waals surface area contributed by atoms with Crippen LogP contribution in [0.3, 0.4) is 0 Å². The van der Waals surface area contributed by atoms with Gasteiger partial charge in [-0.2, -0.15) is 5.10 Å². The number of aromatic nitrogens is 2. The molecule has 6 nitrogen and oxygen atoms in total. The molecule has 0 bridgehead atoms. The summed E-state index contributed by atoms with van der Waals surface area (Å²) in [6.45, 7) is 8.92. The Hall–Kier alpha value is -1.40. The number of ether oxygens (including phenoxy) is 1. The molecule has 0 radical (unpaired) electrons. The van der Waals surface area contributed by atoms with E-state index in [1.807, 2.05) is 23.9 Å². The zero-order valence-electron chi connectivity index (χ0n) is 13.7. The van der Waals surface area contributed by atoms with Crippen LogP contribution in [0.25, 0.3) is 0 Å². The maximum Gasteiger partial charge on any atom is 0.255 e. The molecule has 0 unspecified atom stereocenters. The van der Waals surface area contributed by atoms with Gasteiger partial charge in [-0.25, -0.2) is 0 Å². The number of carbonyl (C=O) groups excluding carboxylic acids is 1. The summed E-state index contributed by atoms with van der Waals surface area (Å²) in [5.41, 5.74) is 0.413. The van der Waals surface area contributed by atoms with Gasteiger partial charge >= 0.3 is 0 Å². The lowest BCUT2D eigenvalue weighted by Crippen LogP contribution is -2.57. The summed E-state index contributed by atoms with van der Waals surface area (Å²) in [4.78, 5) is 16.2. The van der Waals surface area contributed by atoms with E-state index in [1.54, 1.807) is 19.0 Å². The normalized spacial score (nSPS) is 23.5. The van der Waals surface area contributed by atoms with Crippen LogP contribution in [-0.2, 0) is 16.1 Å². The number of hydrogen-bond donors (Lipinski definition) is 0. The predicted molar refractivity (Wildman–Crippen MR) is 80.9 cm³/mol. The van der Waals surface area contributed by atoms with Crippen LogP contribution in [0, 0.1) is 0 Å². The molecule has 2 heterocycles. The lowest BCUT2D eigenvalue weighted by atomic mass is 10.0. The monoisotopic (exact) mass is 294 g/mol. The molecule has 118 valence electrons. The van der Waals surface area contributed by atoms with Crippen LogP contribution < -0.4 is 0 Å². The van der Waals surface area contributed by atoms with E-state index in [1.165, 1.54) is 5.69 Å². The first-order valence-electron chi connectivity index (χ1n) is 7.44. The summed E-state index contributed by atoms with van der Waals surface area (Å²) in [6.07, 6.45) is 1.83. The molecule has 0 spiro atoms. The largest absolute Gasteiger partial charge is 0.363 e. The number of rotatable bonds is 4. The standard InChI is InChI=1S/C15H26N4O2/c1-12(2)19-13(6-7-16-19)10-18-8-9-21-15(3,11-18)14(20)17(4)5/h6-7,12H,8-11H2,1-5H3/t15-/m1/s1. The van der Waals surface area contributed by atoms with Gasteiger partial charge in [-0.05, 0) is 26.8 Å². The van der Waals surface area contributed by atoms with Crippen LogP contribution >= 0.6 is 0 Å². The average molecular weight is 294 g/mol. The zero-order valence-corrected chi connectivity index (χ0v) is 13.7. The summed E-state index contributed by atoms with van der Waals surface area (Å²) in [5, 5.41) is 4.36. The number of morpholine rings is 1. The van der Waals surface area contributed by atoms with Gasteiger partial charge in [0.25, 0.3) is 5.91 Å². The number of hydrogen-bond acceptors (Lipinski definition) is 4. The van der Waals surface area contributed by atoms with Gasteiger partial charge in [0.2, 0.25) is 0 Å². The van der Waals surface area contributed by atoms with E-state index >= 15 is 0 Å². The highest BCUT2D eigenvalue weighted by molar-refractivity contribution is 5.84. The molecule has 2 rings (SSSR count). The topological polar surface area (TPSA) is 50.6 Å². The Morgan fingerprint density at radius 3 is 2.86 bits per heavy atom. The van der Waals surface area contributed by atoms with Gasteiger partial charge in [0.1, 0.15) is 0 Å². The molecule has 0 N–H and O–H groups in total. The van der Waals surface area contributed by atoms with E-state index in [0.29, 0.717) is 19.2 Å². The van der Waals surface area contributed by atoms with Gasteiger partial charge in [-0.15, -0.1) is 0 Å². The van der Waals surface area contributed by atoms with Crippen LogP contribution in [0.4, 0.5) is 0 Å². The third-order valence-corrected chi connectivity index (χ3v) is 3.84. The SMILES string of the molecule is CC(C)n1nccc1CN1CCO[C@@](C)(C(=O)N(C)C)C1. The Balaban J connectivity index is 2.08. The molecular weight excluding hydrogens is 268 g/mol. The first-order valence-corrected chi connectivity index (χ1v) is 7.44. The molecule has 1 fully saturated rings. The molecule has 6 heteroatoms. The van der Waals surface area contributed by atoms with E-state index in [-0.39, 0.29) is 5.91 Å². The Morgan fingerprint density at radius 1 is 1.52 bits per heavy atom. The Kier molecular flexibility index (Phi) is 4.68. The molecular formula is C15H26N4O2. The number of nitrogens with zero attached hydrogens (tertiary/aromatic N) is 4. The molecule has 1 aromatic heterocycles. The van der Waals surface area contributed by atoms with E-state index in [2.05, 4.69) is 23.8 Å². The van der Waals surface area contributed by atoms with Crippen molar-refractivity contribution in [1.29, 1.82) is 0 Å². The van der Waals surface area contributed by atoms with Gasteiger partial charge in [-0.1, -0.05) is 0 Å². The van der Waals surface area contributed by atoms with E-state index < -0.39 is 5.60 Å². The van der Waals surface area contributed by atoms with Gasteiger partial charge in [0, 0.05) is 46.0 Å². The third-order valence-electron chi connectivity index (χ3n) is 3.84. The summed E-state index contributed by atoms with van der Waals surface area (Å²) in [7, 11) is 3.54. The van der Waals surface area contributed by atoms with E-state index in [9.17, 15) is 4.79 Å². The summed E-state index contributed by atoms with van der Waals surface area (Å²) < 4.78 is 7.79. The summed E-state index contributed by atoms with van der Waals surface area (Å²) in [5.74, 6) is 0.0181. The van der Waals surface area contributed by atoms with Crippen molar-refractivity contribution >= 4 is 5.91 Å². The van der Waals surface area contributed by atoms with Crippen molar-refractivity contribution in [1.82, 2.24) is 19.6 Å². The molecule has 1 amide bonds. The van der Waals surface area contributed by atoms with Crippen LogP contribution in [0.1, 0.15) is 32.5 Å². The second-order valence-corrected chi connectivity index (χ2v) is 6.35. The minimum Gasteiger partial charge on any atom is -0.363 e. The minimum absolute atomic E-state index is 0.0181. The Labute approximate surface area is 126 Å². The highest BCUT2D eigenvalue weighted by Gasteiger charge is 2.40. The van der Waals surface area contributed by atoms with Gasteiger partial charge in [0.05, 0.1) is 12.3 Å². The first-order chi connectivity index (χ1) is 9.83. The fourth-order valence-corrected chi connectivity index (χ4v) is 2.85. The smallest absolute Gasteiger partial charge is 0.255 e. The lowest BCUT2D eigenvalue weighted by Gasteiger charge is -2.40. The van der Waals surface area contributed by atoms with Gasteiger partial charge in [0.15, 0.2) is 5.60 Å². The van der Waals surface area contributed by atoms with Crippen molar-refractivity contribution in [2.45, 2.75) is 39.0 Å². The van der Waals surface area contributed by atoms with Crippen molar-refractivity contribution in [3.8, 4) is 0 Å². The van der Waals surface area contributed by atoms with Crippen molar-refractivity contribution in [2.24, 2.45) is 0 Å². The fraction of sp³-hybridized carbons (Fsp3) is 0.733. The maximum absolute atomic E-state index is 12.3. The predicted octanol–water partition coefficient (Wildman–Crippen LogP) is 1.14. The molecule has 1 aliphatic heterocycles. The fourth-order valence-electron chi connectivity index (χ4n) is 2.85. The van der Waals surface area contributed by atoms with Gasteiger partial charge < -0.3 is 9.64 Å². The van der Waals surface area contributed by atoms with Crippen molar-refractivity contribution < 1.29 is 9.53 Å². The maximum atomic E-state index is 12.3. The lowest BCUT2D eigenvalue weighted by molar-refractivity contribution is -0.165. The molecule has 21 heavy (non-hydrogen) atoms. The summed E-state index contributed by atoms with van der Waals surface area (Å²) in [6, 6.07) is 2.38. The number of likely N-dealkylation sites (N-methyl/N-ethyl adjacent to an activating group) is 1. The third kappa shape index (κ3) is 3.44. The molecule has 1 aromatic rings.